The van der Waals surface area contributed by atoms with Crippen molar-refractivity contribution in [2.24, 2.45) is 0 Å². The number of thiophene rings is 4. The Morgan fingerprint density at radius 2 is 0.814 bits per heavy atom. The van der Waals surface area contributed by atoms with Gasteiger partial charge in [0.1, 0.15) is 0 Å². The van der Waals surface area contributed by atoms with E-state index in [0.29, 0.717) is 5.56 Å². The van der Waals surface area contributed by atoms with Crippen LogP contribution in [0, 0.1) is 23.8 Å². The number of nitro benzene ring substituents is 2. The molecule has 14 aromatic rings. The lowest BCUT2D eigenvalue weighted by molar-refractivity contribution is -0.384. The van der Waals surface area contributed by atoms with Crippen molar-refractivity contribution in [2.75, 3.05) is 0 Å². The smallest absolute Gasteiger partial charge is 0.423 e. The zero-order valence-electron chi connectivity index (χ0n) is 36.3. The molecule has 14 rings (SSSR count). The molecule has 0 saturated heterocycles. The molecule has 4 heterocycles. The summed E-state index contributed by atoms with van der Waals surface area (Å²) in [5, 5.41) is 55.2. The van der Waals surface area contributed by atoms with Crippen LogP contribution in [0.4, 0.5) is 11.4 Å². The van der Waals surface area contributed by atoms with E-state index in [0.717, 1.165) is 15.6 Å². The van der Waals surface area contributed by atoms with Crippen LogP contribution in [0.2, 0.25) is 0 Å². The van der Waals surface area contributed by atoms with Crippen molar-refractivity contribution in [3.05, 3.63) is 206 Å². The maximum Gasteiger partial charge on any atom is 0.495 e. The molecule has 0 fully saturated rings. The van der Waals surface area contributed by atoms with Crippen LogP contribution in [0.3, 0.4) is 0 Å². The van der Waals surface area contributed by atoms with Crippen LogP contribution in [-0.4, -0.2) is 27.0 Å². The number of halogens is 1. The minimum Gasteiger partial charge on any atom is -0.423 e. The largest absolute Gasteiger partial charge is 0.495 e. The summed E-state index contributed by atoms with van der Waals surface area (Å²) in [6.07, 6.45) is 0. The number of nitro groups is 2. The third kappa shape index (κ3) is 7.37. The van der Waals surface area contributed by atoms with Gasteiger partial charge < -0.3 is 10.0 Å². The van der Waals surface area contributed by atoms with E-state index in [4.69, 9.17) is 10.0 Å². The second-order valence-electron chi connectivity index (χ2n) is 16.6. The Hall–Kier alpha value is -6.89. The molecule has 8 nitrogen and oxygen atoms in total. The normalized spacial score (nSPS) is 11.6. The first kappa shape index (κ1) is 44.3. The van der Waals surface area contributed by atoms with Gasteiger partial charge in [0.25, 0.3) is 11.4 Å². The molecular weight excluding hydrogens is 1060 g/mol. The molecule has 10 aromatic carbocycles. The second kappa shape index (κ2) is 17.8. The average Bonchev–Trinajstić information content (AvgIpc) is 4.17. The third-order valence-electron chi connectivity index (χ3n) is 12.7. The maximum absolute atomic E-state index is 11.9. The lowest BCUT2D eigenvalue weighted by Gasteiger charge is -2.10. The van der Waals surface area contributed by atoms with Crippen LogP contribution < -0.4 is 5.46 Å². The molecule has 4 aromatic heterocycles. The van der Waals surface area contributed by atoms with Crippen LogP contribution >= 0.6 is 67.9 Å². The monoisotopic (exact) mass is 1090 g/mol. The Morgan fingerprint density at radius 3 is 1.33 bits per heavy atom. The Balaban J connectivity index is 0.000000120. The van der Waals surface area contributed by atoms with Crippen molar-refractivity contribution in [3.8, 4) is 11.1 Å². The summed E-state index contributed by atoms with van der Waals surface area (Å²) in [5.41, 5.74) is 1.34. The van der Waals surface area contributed by atoms with Crippen LogP contribution in [0.1, 0.15) is 0 Å². The number of hydrogen-bond acceptors (Lipinski definition) is 10. The third-order valence-corrected chi connectivity index (χ3v) is 18.6. The van der Waals surface area contributed by atoms with Crippen LogP contribution in [0.15, 0.2) is 182 Å². The van der Waals surface area contributed by atoms with E-state index in [-0.39, 0.29) is 21.8 Å². The van der Waals surface area contributed by atoms with Gasteiger partial charge in [-0.3, -0.25) is 20.2 Å². The van der Waals surface area contributed by atoms with Crippen LogP contribution in [0.25, 0.3) is 113 Å². The highest BCUT2D eigenvalue weighted by Crippen LogP contribution is 2.50. The second-order valence-corrected chi connectivity index (χ2v) is 22.1. The van der Waals surface area contributed by atoms with Gasteiger partial charge in [0.05, 0.1) is 20.9 Å². The van der Waals surface area contributed by atoms with Crippen molar-refractivity contribution in [2.45, 2.75) is 0 Å². The zero-order valence-corrected chi connectivity index (χ0v) is 41.8. The topological polar surface area (TPSA) is 127 Å². The molecule has 0 atom stereocenters. The van der Waals surface area contributed by atoms with E-state index < -0.39 is 12.0 Å². The molecule has 14 heteroatoms. The van der Waals surface area contributed by atoms with Gasteiger partial charge in [-0.25, -0.2) is 0 Å². The molecule has 0 radical (unpaired) electrons. The fourth-order valence-corrected chi connectivity index (χ4v) is 15.3. The van der Waals surface area contributed by atoms with Gasteiger partial charge in [-0.05, 0) is 88.0 Å². The minimum atomic E-state index is -1.80. The number of rotatable bonds is 4. The van der Waals surface area contributed by atoms with Crippen molar-refractivity contribution in [1.82, 2.24) is 0 Å². The molecule has 70 heavy (non-hydrogen) atoms. The standard InChI is InChI=1S/C28H15NO2S2.C22H11IS2.C6H6BNO4/c30-29(31)21-10-4-1-7-17(21)20-15-16-13-14-24-26(18-8-2-5-11-22(18)32-24)25(16)27-19-9-3-6-12-23(19)33-28(20)27;23-15-11-12-9-10-18-20(13-5-1-3-7-16(13)24-18)19(12)21-14-6-2-4-8-17(14)25-22(15)21;9-7(10)5-3-1-2-4-6(5)8(11)12/h1-15H;1-11H;1-4,9-10H. The number of benzene rings is 10. The van der Waals surface area contributed by atoms with Crippen molar-refractivity contribution < 1.29 is 19.9 Å². The maximum atomic E-state index is 11.9. The summed E-state index contributed by atoms with van der Waals surface area (Å²) in [7, 11) is -1.80. The minimum absolute atomic E-state index is 0.0949. The highest BCUT2D eigenvalue weighted by Gasteiger charge is 2.24. The predicted octanol–water partition coefficient (Wildman–Crippen LogP) is 16.6. The lowest BCUT2D eigenvalue weighted by Crippen LogP contribution is -2.31. The number of fused-ring (bicyclic) bond motifs is 18. The van der Waals surface area contributed by atoms with Crippen LogP contribution in [0.5, 0.6) is 0 Å². The van der Waals surface area contributed by atoms with Crippen LogP contribution in [-0.2, 0) is 0 Å². The Morgan fingerprint density at radius 1 is 0.400 bits per heavy atom. The summed E-state index contributed by atoms with van der Waals surface area (Å²) >= 11 is 9.84. The van der Waals surface area contributed by atoms with Gasteiger partial charge in [0.15, 0.2) is 0 Å². The molecular formula is C56H32BIN2O6S4. The summed E-state index contributed by atoms with van der Waals surface area (Å²) in [5.74, 6) is 0. The van der Waals surface area contributed by atoms with E-state index in [9.17, 15) is 20.2 Å². The number of hydrogen-bond donors (Lipinski definition) is 2. The van der Waals surface area contributed by atoms with Gasteiger partial charge in [0, 0.05) is 113 Å². The highest BCUT2D eigenvalue weighted by molar-refractivity contribution is 14.1. The zero-order chi connectivity index (χ0) is 47.8. The van der Waals surface area contributed by atoms with Crippen molar-refractivity contribution in [3.63, 3.8) is 0 Å². The molecule has 2 N–H and O–H groups in total. The molecule has 0 spiro atoms. The molecule has 0 aliphatic rings. The molecule has 0 aliphatic carbocycles. The number of para-hydroxylation sites is 2. The SMILES string of the molecule is Ic1cc2ccc3sc4ccccc4c3c2c2c1sc1ccccc12.O=[N+]([O-])c1ccccc1-c1cc2ccc3sc4ccccc4c3c2c2c1sc1ccccc12.O=[N+]([O-])c1ccccc1B(O)O. The fraction of sp³-hybridized carbons (Fsp3) is 0. The van der Waals surface area contributed by atoms with E-state index in [1.807, 2.05) is 46.1 Å². The first-order chi connectivity index (χ1) is 34.1. The Labute approximate surface area is 427 Å². The quantitative estimate of drug-likeness (QED) is 0.0782. The summed E-state index contributed by atoms with van der Waals surface area (Å²) in [6, 6.07) is 60.6. The van der Waals surface area contributed by atoms with E-state index in [2.05, 4.69) is 156 Å². The van der Waals surface area contributed by atoms with Crippen molar-refractivity contribution in [1.29, 1.82) is 0 Å². The highest BCUT2D eigenvalue weighted by atomic mass is 127. The summed E-state index contributed by atoms with van der Waals surface area (Å²) < 4.78 is 11.7. The van der Waals surface area contributed by atoms with Gasteiger partial charge >= 0.3 is 7.12 Å². The Bertz CT molecular complexity index is 4470. The van der Waals surface area contributed by atoms with Gasteiger partial charge in [0.2, 0.25) is 0 Å². The summed E-state index contributed by atoms with van der Waals surface area (Å²) in [6.45, 7) is 0. The fourth-order valence-electron chi connectivity index (χ4n) is 9.75. The van der Waals surface area contributed by atoms with Gasteiger partial charge in [-0.2, -0.15) is 0 Å². The van der Waals surface area contributed by atoms with Gasteiger partial charge in [-0.1, -0.05) is 115 Å². The molecule has 0 amide bonds. The molecule has 336 valence electrons. The molecule has 0 bridgehead atoms. The summed E-state index contributed by atoms with van der Waals surface area (Å²) in [4.78, 5) is 21.2. The van der Waals surface area contributed by atoms with Gasteiger partial charge in [-0.15, -0.1) is 45.3 Å². The lowest BCUT2D eigenvalue weighted by atomic mass is 9.79. The average molecular weight is 1090 g/mol. The van der Waals surface area contributed by atoms with E-state index >= 15 is 0 Å². The first-order valence-electron chi connectivity index (χ1n) is 22.0. The molecule has 0 saturated carbocycles. The first-order valence-corrected chi connectivity index (χ1v) is 26.3. The predicted molar refractivity (Wildman–Crippen MR) is 307 cm³/mol. The van der Waals surface area contributed by atoms with Crippen molar-refractivity contribution >= 4 is 194 Å². The Kier molecular flexibility index (Phi) is 11.3. The number of nitrogens with zero attached hydrogens (tertiary/aromatic N) is 2. The van der Waals surface area contributed by atoms with E-state index in [1.165, 1.54) is 120 Å². The van der Waals surface area contributed by atoms with E-state index in [1.54, 1.807) is 23.5 Å². The molecule has 0 aliphatic heterocycles. The molecule has 0 unspecified atom stereocenters.